The number of aryl methyl sites for hydroxylation is 1. The highest BCUT2D eigenvalue weighted by atomic mass is 16.7. The highest BCUT2D eigenvalue weighted by molar-refractivity contribution is 6.62. The Labute approximate surface area is 310 Å². The molecule has 3 aliphatic heterocycles. The maximum atomic E-state index is 12.5. The molecule has 3 aromatic rings. The van der Waals surface area contributed by atoms with Crippen LogP contribution in [0.25, 0.3) is 10.9 Å². The Hall–Kier alpha value is -3.41. The Morgan fingerprint density at radius 1 is 0.981 bits per heavy atom. The van der Waals surface area contributed by atoms with Gasteiger partial charge in [-0.05, 0) is 121 Å². The zero-order valence-corrected chi connectivity index (χ0v) is 32.4. The summed E-state index contributed by atoms with van der Waals surface area (Å²) in [6, 6.07) is 13.3. The number of imide groups is 1. The molecule has 1 N–H and O–H groups in total. The quantitative estimate of drug-likeness (QED) is 0.202. The number of piperazine rings is 1. The minimum absolute atomic E-state index is 0.199. The first kappa shape index (κ1) is 36.9. The van der Waals surface area contributed by atoms with Crippen molar-refractivity contribution >= 4 is 41.0 Å². The Bertz CT molecular complexity index is 1760. The summed E-state index contributed by atoms with van der Waals surface area (Å²) >= 11 is 0. The number of aromatic nitrogens is 2. The van der Waals surface area contributed by atoms with E-state index in [1.807, 2.05) is 11.7 Å². The predicted molar refractivity (Wildman–Crippen MR) is 206 cm³/mol. The molecule has 1 saturated carbocycles. The Morgan fingerprint density at radius 2 is 1.69 bits per heavy atom. The van der Waals surface area contributed by atoms with Gasteiger partial charge in [-0.2, -0.15) is 5.10 Å². The van der Waals surface area contributed by atoms with E-state index in [4.69, 9.17) is 19.1 Å². The molecule has 2 atom stereocenters. The van der Waals surface area contributed by atoms with Gasteiger partial charge in [0.05, 0.1) is 34.4 Å². The SMILES string of the molecule is Cc1c(OC2CCC(CCCC(C)N3CCN(c4ccc5c(C6CCC(=O)NC6=O)nn(C)c5c4)CC3)CC2)cccc1B1OC(C)(C)C(C)(C)O1. The van der Waals surface area contributed by atoms with Crippen LogP contribution < -0.4 is 20.4 Å². The molecule has 0 radical (unpaired) electrons. The first-order chi connectivity index (χ1) is 24.8. The fourth-order valence-corrected chi connectivity index (χ4v) is 8.69. The maximum absolute atomic E-state index is 12.5. The largest absolute Gasteiger partial charge is 0.495 e. The molecule has 1 aromatic heterocycles. The number of anilines is 1. The van der Waals surface area contributed by atoms with E-state index < -0.39 is 0 Å². The lowest BCUT2D eigenvalue weighted by molar-refractivity contribution is -0.134. The third-order valence-electron chi connectivity index (χ3n) is 12.9. The number of fused-ring (bicyclic) bond motifs is 1. The molecule has 4 aliphatic rings. The normalized spacial score (nSPS) is 25.8. The standard InChI is InChI=1S/C41H58BN5O5/c1-27(46-22-24-47(25-23-46)30-16-19-32-35(26-30)45(7)44-38(32)33-20-21-37(48)43-39(33)49)10-8-11-29-14-17-31(18-15-29)50-36-13-9-12-34(28(36)2)42-51-40(3,4)41(5,6)52-42/h9,12-13,16,19,26-27,29,31,33H,8,10-11,14-15,17-18,20-25H2,1-7H3,(H,43,48,49). The van der Waals surface area contributed by atoms with Crippen molar-refractivity contribution in [1.29, 1.82) is 0 Å². The maximum Gasteiger partial charge on any atom is 0.495 e. The summed E-state index contributed by atoms with van der Waals surface area (Å²) in [5.41, 5.74) is 4.45. The lowest BCUT2D eigenvalue weighted by Crippen LogP contribution is -2.49. The summed E-state index contributed by atoms with van der Waals surface area (Å²) < 4.78 is 21.2. The zero-order chi connectivity index (χ0) is 36.8. The summed E-state index contributed by atoms with van der Waals surface area (Å²) in [7, 11) is 1.56. The van der Waals surface area contributed by atoms with Crippen molar-refractivity contribution < 1.29 is 23.6 Å². The van der Waals surface area contributed by atoms with Crippen LogP contribution >= 0.6 is 0 Å². The van der Waals surface area contributed by atoms with Crippen LogP contribution in [-0.4, -0.2) is 83.1 Å². The number of amides is 2. The van der Waals surface area contributed by atoms with Gasteiger partial charge in [0.25, 0.3) is 0 Å². The van der Waals surface area contributed by atoms with E-state index >= 15 is 0 Å². The van der Waals surface area contributed by atoms with Crippen LogP contribution in [0, 0.1) is 12.8 Å². The van der Waals surface area contributed by atoms with E-state index in [1.165, 1.54) is 37.8 Å². The van der Waals surface area contributed by atoms with Gasteiger partial charge in [-0.1, -0.05) is 25.0 Å². The van der Waals surface area contributed by atoms with Gasteiger partial charge in [0.2, 0.25) is 11.8 Å². The molecule has 1 aliphatic carbocycles. The molecule has 3 saturated heterocycles. The van der Waals surface area contributed by atoms with E-state index in [2.05, 4.69) is 93.1 Å². The van der Waals surface area contributed by atoms with Crippen molar-refractivity contribution in [2.24, 2.45) is 13.0 Å². The molecule has 2 amide bonds. The second-order valence-electron chi connectivity index (χ2n) is 16.8. The number of carbonyl (C=O) groups is 2. The average Bonchev–Trinajstić information content (AvgIpc) is 3.55. The predicted octanol–water partition coefficient (Wildman–Crippen LogP) is 6.02. The lowest BCUT2D eigenvalue weighted by atomic mass is 9.76. The smallest absolute Gasteiger partial charge is 0.490 e. The van der Waals surface area contributed by atoms with E-state index in [9.17, 15) is 9.59 Å². The Balaban J connectivity index is 0.838. The van der Waals surface area contributed by atoms with Gasteiger partial charge < -0.3 is 18.9 Å². The highest BCUT2D eigenvalue weighted by Crippen LogP contribution is 2.38. The summed E-state index contributed by atoms with van der Waals surface area (Å²) in [6.07, 6.45) is 9.67. The zero-order valence-electron chi connectivity index (χ0n) is 32.4. The number of benzene rings is 2. The van der Waals surface area contributed by atoms with Gasteiger partial charge in [-0.15, -0.1) is 0 Å². The number of ether oxygens (including phenoxy) is 1. The van der Waals surface area contributed by atoms with Crippen LogP contribution in [0.5, 0.6) is 5.75 Å². The number of carbonyl (C=O) groups excluding carboxylic acids is 2. The molecule has 2 unspecified atom stereocenters. The molecular weight excluding hydrogens is 653 g/mol. The second-order valence-corrected chi connectivity index (χ2v) is 16.8. The minimum Gasteiger partial charge on any atom is -0.490 e. The van der Waals surface area contributed by atoms with Crippen molar-refractivity contribution in [2.75, 3.05) is 31.1 Å². The molecule has 7 rings (SSSR count). The van der Waals surface area contributed by atoms with Crippen LogP contribution in [0.4, 0.5) is 5.69 Å². The van der Waals surface area contributed by atoms with Crippen molar-refractivity contribution in [2.45, 2.75) is 129 Å². The monoisotopic (exact) mass is 711 g/mol. The van der Waals surface area contributed by atoms with Crippen molar-refractivity contribution in [3.05, 3.63) is 47.7 Å². The molecular formula is C41H58BN5O5. The van der Waals surface area contributed by atoms with Gasteiger partial charge in [-0.3, -0.25) is 24.5 Å². The van der Waals surface area contributed by atoms with Gasteiger partial charge >= 0.3 is 7.12 Å². The Kier molecular flexibility index (Phi) is 10.5. The van der Waals surface area contributed by atoms with Gasteiger partial charge in [-0.25, -0.2) is 0 Å². The van der Waals surface area contributed by atoms with Crippen molar-refractivity contribution in [3.63, 3.8) is 0 Å². The second kappa shape index (κ2) is 14.8. The number of rotatable bonds is 10. The molecule has 52 heavy (non-hydrogen) atoms. The summed E-state index contributed by atoms with van der Waals surface area (Å²) in [5.74, 6) is 0.930. The molecule has 280 valence electrons. The molecule has 4 heterocycles. The van der Waals surface area contributed by atoms with E-state index in [1.54, 1.807) is 0 Å². The van der Waals surface area contributed by atoms with Crippen LogP contribution in [0.15, 0.2) is 36.4 Å². The van der Waals surface area contributed by atoms with Crippen LogP contribution in [0.1, 0.15) is 110 Å². The van der Waals surface area contributed by atoms with Crippen LogP contribution in [-0.2, 0) is 25.9 Å². The fraction of sp³-hybridized carbons (Fsp3) is 0.634. The van der Waals surface area contributed by atoms with Gasteiger partial charge in [0, 0.05) is 56.8 Å². The van der Waals surface area contributed by atoms with Gasteiger partial charge in [0.15, 0.2) is 0 Å². The van der Waals surface area contributed by atoms with E-state index in [0.717, 1.165) is 78.3 Å². The third kappa shape index (κ3) is 7.51. The van der Waals surface area contributed by atoms with Crippen LogP contribution in [0.2, 0.25) is 0 Å². The molecule has 10 nitrogen and oxygen atoms in total. The lowest BCUT2D eigenvalue weighted by Gasteiger charge is -2.39. The fourth-order valence-electron chi connectivity index (χ4n) is 8.69. The highest BCUT2D eigenvalue weighted by Gasteiger charge is 2.52. The van der Waals surface area contributed by atoms with Crippen LogP contribution in [0.3, 0.4) is 0 Å². The van der Waals surface area contributed by atoms with E-state index in [0.29, 0.717) is 18.9 Å². The summed E-state index contributed by atoms with van der Waals surface area (Å²) in [4.78, 5) is 29.3. The summed E-state index contributed by atoms with van der Waals surface area (Å²) in [5, 5.41) is 8.19. The number of nitrogens with zero attached hydrogens (tertiary/aromatic N) is 4. The Morgan fingerprint density at radius 3 is 2.38 bits per heavy atom. The molecule has 0 bridgehead atoms. The molecule has 2 aromatic carbocycles. The number of hydrogen-bond donors (Lipinski definition) is 1. The number of piperidine rings is 1. The van der Waals surface area contributed by atoms with E-state index in [-0.39, 0.29) is 42.2 Å². The third-order valence-corrected chi connectivity index (χ3v) is 12.9. The first-order valence-electron chi connectivity index (χ1n) is 19.7. The summed E-state index contributed by atoms with van der Waals surface area (Å²) in [6.45, 7) is 17.0. The van der Waals surface area contributed by atoms with Gasteiger partial charge in [0.1, 0.15) is 5.75 Å². The molecule has 11 heteroatoms. The molecule has 0 spiro atoms. The topological polar surface area (TPSA) is 98.2 Å². The first-order valence-corrected chi connectivity index (χ1v) is 19.7. The number of nitrogens with one attached hydrogen (secondary N) is 1. The van der Waals surface area contributed by atoms with Crippen molar-refractivity contribution in [1.82, 2.24) is 20.0 Å². The number of hydrogen-bond acceptors (Lipinski definition) is 8. The minimum atomic E-state index is -0.381. The average molecular weight is 712 g/mol. The molecule has 4 fully saturated rings. The van der Waals surface area contributed by atoms with Crippen molar-refractivity contribution in [3.8, 4) is 5.75 Å².